The lowest BCUT2D eigenvalue weighted by molar-refractivity contribution is -0.903. The van der Waals surface area contributed by atoms with Crippen LogP contribution < -0.4 is 24.0 Å². The smallest absolute Gasteiger partial charge is 0.117 e. The maximum atomic E-state index is 9.80. The molecular formula is C9H22INO. The molecule has 0 radical (unpaired) electrons. The Balaban J connectivity index is 0. The van der Waals surface area contributed by atoms with E-state index in [1.54, 1.807) is 0 Å². The van der Waals surface area contributed by atoms with Crippen molar-refractivity contribution in [2.75, 3.05) is 21.1 Å². The van der Waals surface area contributed by atoms with E-state index in [9.17, 15) is 5.11 Å². The Kier molecular flexibility index (Phi) is 6.01. The van der Waals surface area contributed by atoms with Gasteiger partial charge < -0.3 is 33.6 Å². The summed E-state index contributed by atoms with van der Waals surface area (Å²) >= 11 is 0. The zero-order valence-electron chi connectivity index (χ0n) is 9.06. The second-order valence-corrected chi connectivity index (χ2v) is 4.69. The molecule has 0 aliphatic carbocycles. The average Bonchev–Trinajstić information content (AvgIpc) is 1.56. The lowest BCUT2D eigenvalue weighted by atomic mass is 9.94. The van der Waals surface area contributed by atoms with Gasteiger partial charge in [0.1, 0.15) is 11.6 Å². The van der Waals surface area contributed by atoms with E-state index < -0.39 is 5.60 Å². The van der Waals surface area contributed by atoms with Crippen LogP contribution in [0.3, 0.4) is 0 Å². The first-order valence-corrected chi connectivity index (χ1v) is 4.23. The van der Waals surface area contributed by atoms with Crippen molar-refractivity contribution in [1.82, 2.24) is 0 Å². The van der Waals surface area contributed by atoms with Gasteiger partial charge in [0.25, 0.3) is 0 Å². The van der Waals surface area contributed by atoms with Crippen molar-refractivity contribution < 1.29 is 33.6 Å². The van der Waals surface area contributed by atoms with Gasteiger partial charge in [0.15, 0.2) is 0 Å². The zero-order valence-corrected chi connectivity index (χ0v) is 11.2. The third-order valence-electron chi connectivity index (χ3n) is 2.14. The molecule has 1 atom stereocenters. The lowest BCUT2D eigenvalue weighted by Gasteiger charge is -2.40. The van der Waals surface area contributed by atoms with Crippen LogP contribution in [-0.4, -0.2) is 42.4 Å². The van der Waals surface area contributed by atoms with Gasteiger partial charge in [-0.1, -0.05) is 6.92 Å². The fourth-order valence-electron chi connectivity index (χ4n) is 2.00. The van der Waals surface area contributed by atoms with Gasteiger partial charge in [-0.15, -0.1) is 0 Å². The first-order valence-electron chi connectivity index (χ1n) is 4.23. The summed E-state index contributed by atoms with van der Waals surface area (Å²) < 4.78 is 0.819. The number of halogens is 1. The van der Waals surface area contributed by atoms with Gasteiger partial charge in [0.2, 0.25) is 0 Å². The topological polar surface area (TPSA) is 20.2 Å². The molecule has 0 aliphatic rings. The Morgan fingerprint density at radius 1 is 1.25 bits per heavy atom. The summed E-state index contributed by atoms with van der Waals surface area (Å²) in [6, 6.07) is 0.308. The lowest BCUT2D eigenvalue weighted by Crippen LogP contribution is -3.00. The highest BCUT2D eigenvalue weighted by atomic mass is 127. The van der Waals surface area contributed by atoms with E-state index in [2.05, 4.69) is 28.1 Å². The highest BCUT2D eigenvalue weighted by Crippen LogP contribution is 2.20. The summed E-state index contributed by atoms with van der Waals surface area (Å²) in [5, 5.41) is 9.80. The van der Waals surface area contributed by atoms with Crippen molar-refractivity contribution >= 4 is 0 Å². The second kappa shape index (κ2) is 4.77. The van der Waals surface area contributed by atoms with Crippen LogP contribution in [0.25, 0.3) is 0 Å². The molecule has 0 bridgehead atoms. The predicted molar refractivity (Wildman–Crippen MR) is 48.4 cm³/mol. The quantitative estimate of drug-likeness (QED) is 0.482. The number of quaternary nitrogens is 1. The van der Waals surface area contributed by atoms with E-state index in [0.29, 0.717) is 6.04 Å². The summed E-state index contributed by atoms with van der Waals surface area (Å²) in [4.78, 5) is 0. The van der Waals surface area contributed by atoms with E-state index >= 15 is 0 Å². The van der Waals surface area contributed by atoms with Gasteiger partial charge in [-0.25, -0.2) is 0 Å². The van der Waals surface area contributed by atoms with Crippen molar-refractivity contribution in [1.29, 1.82) is 0 Å². The van der Waals surface area contributed by atoms with Crippen LogP contribution in [0.2, 0.25) is 0 Å². The number of hydrogen-bond donors (Lipinski definition) is 1. The molecule has 0 spiro atoms. The van der Waals surface area contributed by atoms with Gasteiger partial charge in [-0.3, -0.25) is 0 Å². The largest absolute Gasteiger partial charge is 1.00 e. The molecule has 76 valence electrons. The summed E-state index contributed by atoms with van der Waals surface area (Å²) in [5.41, 5.74) is -0.576. The molecule has 0 aliphatic heterocycles. The summed E-state index contributed by atoms with van der Waals surface area (Å²) in [6.45, 7) is 5.88. The van der Waals surface area contributed by atoms with E-state index in [4.69, 9.17) is 0 Å². The number of aliphatic hydroxyl groups is 1. The first kappa shape index (κ1) is 15.1. The first-order chi connectivity index (χ1) is 4.69. The number of likely N-dealkylation sites (N-methyl/N-ethyl adjacent to an activating group) is 1. The molecule has 0 heterocycles. The van der Waals surface area contributed by atoms with E-state index in [1.165, 1.54) is 0 Å². The highest BCUT2D eigenvalue weighted by Gasteiger charge is 2.35. The predicted octanol–water partition coefficient (Wildman–Crippen LogP) is -1.75. The third kappa shape index (κ3) is 4.62. The molecule has 1 unspecified atom stereocenters. The summed E-state index contributed by atoms with van der Waals surface area (Å²) in [6.07, 6.45) is 1.01. The standard InChI is InChI=1S/C9H22NO.HI/c1-7-8(9(2,3)11)10(4,5)6;/h8,11H,7H2,1-6H3;1H/q+1;/p-1. The maximum Gasteiger partial charge on any atom is 0.117 e. The molecule has 0 fully saturated rings. The second-order valence-electron chi connectivity index (χ2n) is 4.69. The third-order valence-corrected chi connectivity index (χ3v) is 2.14. The number of hydrogen-bond acceptors (Lipinski definition) is 1. The van der Waals surface area contributed by atoms with Crippen molar-refractivity contribution in [3.05, 3.63) is 0 Å². The van der Waals surface area contributed by atoms with Crippen molar-refractivity contribution in [2.45, 2.75) is 38.8 Å². The van der Waals surface area contributed by atoms with Gasteiger partial charge in [-0.05, 0) is 20.3 Å². The fraction of sp³-hybridized carbons (Fsp3) is 1.00. The summed E-state index contributed by atoms with van der Waals surface area (Å²) in [7, 11) is 6.35. The minimum atomic E-state index is -0.576. The molecule has 0 aromatic heterocycles. The SMILES string of the molecule is CCC(C(C)(C)O)[N+](C)(C)C.[I-]. The van der Waals surface area contributed by atoms with Gasteiger partial charge in [0.05, 0.1) is 21.1 Å². The normalized spacial score (nSPS) is 15.2. The van der Waals surface area contributed by atoms with Gasteiger partial charge >= 0.3 is 0 Å². The van der Waals surface area contributed by atoms with E-state index in [0.717, 1.165) is 10.9 Å². The Hall–Kier alpha value is 0.650. The molecule has 0 amide bonds. The molecule has 1 N–H and O–H groups in total. The minimum absolute atomic E-state index is 0. The van der Waals surface area contributed by atoms with Crippen LogP contribution in [0.5, 0.6) is 0 Å². The average molecular weight is 287 g/mol. The van der Waals surface area contributed by atoms with Crippen LogP contribution in [0.15, 0.2) is 0 Å². The molecule has 12 heavy (non-hydrogen) atoms. The van der Waals surface area contributed by atoms with Crippen LogP contribution in [0.1, 0.15) is 27.2 Å². The number of rotatable bonds is 3. The van der Waals surface area contributed by atoms with Crippen molar-refractivity contribution in [2.24, 2.45) is 0 Å². The molecule has 0 saturated heterocycles. The number of nitrogens with zero attached hydrogens (tertiary/aromatic N) is 1. The Morgan fingerprint density at radius 3 is 1.58 bits per heavy atom. The Labute approximate surface area is 93.6 Å². The molecule has 0 aromatic carbocycles. The Bertz CT molecular complexity index is 109. The maximum absolute atomic E-state index is 9.80. The van der Waals surface area contributed by atoms with Crippen molar-refractivity contribution in [3.63, 3.8) is 0 Å². The molecule has 0 saturated carbocycles. The zero-order chi connectivity index (χ0) is 9.28. The fourth-order valence-corrected chi connectivity index (χ4v) is 2.00. The molecular weight excluding hydrogens is 265 g/mol. The van der Waals surface area contributed by atoms with Gasteiger partial charge in [0, 0.05) is 0 Å². The van der Waals surface area contributed by atoms with E-state index in [-0.39, 0.29) is 24.0 Å². The summed E-state index contributed by atoms with van der Waals surface area (Å²) in [5.74, 6) is 0. The van der Waals surface area contributed by atoms with Crippen LogP contribution in [-0.2, 0) is 0 Å². The van der Waals surface area contributed by atoms with Crippen LogP contribution in [0, 0.1) is 0 Å². The van der Waals surface area contributed by atoms with Crippen molar-refractivity contribution in [3.8, 4) is 0 Å². The Morgan fingerprint density at radius 2 is 1.58 bits per heavy atom. The molecule has 0 aromatic rings. The minimum Gasteiger partial charge on any atom is -1.00 e. The highest BCUT2D eigenvalue weighted by molar-refractivity contribution is 4.76. The monoisotopic (exact) mass is 287 g/mol. The molecule has 3 heteroatoms. The molecule has 0 rings (SSSR count). The van der Waals surface area contributed by atoms with Crippen LogP contribution in [0.4, 0.5) is 0 Å². The molecule has 2 nitrogen and oxygen atoms in total. The van der Waals surface area contributed by atoms with E-state index in [1.807, 2.05) is 13.8 Å². The van der Waals surface area contributed by atoms with Crippen LogP contribution >= 0.6 is 0 Å². The van der Waals surface area contributed by atoms with Gasteiger partial charge in [-0.2, -0.15) is 0 Å².